The molecule has 1 aliphatic carbocycles. The van der Waals surface area contributed by atoms with E-state index in [-0.39, 0.29) is 5.97 Å². The van der Waals surface area contributed by atoms with Gasteiger partial charge in [-0.05, 0) is 36.6 Å². The van der Waals surface area contributed by atoms with Crippen LogP contribution in [0.25, 0.3) is 0 Å². The Morgan fingerprint density at radius 2 is 2.50 bits per heavy atom. The first-order valence-corrected chi connectivity index (χ1v) is 7.44. The average Bonchev–Trinajstić information content (AvgIpc) is 3.05. The summed E-state index contributed by atoms with van der Waals surface area (Å²) in [6.07, 6.45) is 4.05. The molecule has 0 radical (unpaired) electrons. The van der Waals surface area contributed by atoms with Crippen LogP contribution in [-0.4, -0.2) is 18.6 Å². The molecular formula is C14H21NO2S. The molecule has 1 aliphatic rings. The van der Waals surface area contributed by atoms with Gasteiger partial charge in [-0.25, -0.2) is 0 Å². The molecule has 18 heavy (non-hydrogen) atoms. The SMILES string of the molecule is CCC1CCC(NCc2cccs2)(C(=O)OC)C1. The maximum atomic E-state index is 12.1. The van der Waals surface area contributed by atoms with Gasteiger partial charge in [-0.15, -0.1) is 11.3 Å². The smallest absolute Gasteiger partial charge is 0.326 e. The van der Waals surface area contributed by atoms with E-state index in [1.165, 1.54) is 12.0 Å². The molecule has 0 spiro atoms. The van der Waals surface area contributed by atoms with Gasteiger partial charge < -0.3 is 4.74 Å². The van der Waals surface area contributed by atoms with Gasteiger partial charge in [0.25, 0.3) is 0 Å². The lowest BCUT2D eigenvalue weighted by Gasteiger charge is -2.27. The van der Waals surface area contributed by atoms with Gasteiger partial charge in [-0.2, -0.15) is 0 Å². The van der Waals surface area contributed by atoms with Gasteiger partial charge in [0.1, 0.15) is 5.54 Å². The van der Waals surface area contributed by atoms with Crippen LogP contribution in [0, 0.1) is 5.92 Å². The van der Waals surface area contributed by atoms with E-state index in [1.807, 2.05) is 6.07 Å². The lowest BCUT2D eigenvalue weighted by molar-refractivity contribution is -0.148. The van der Waals surface area contributed by atoms with Crippen molar-refractivity contribution in [1.82, 2.24) is 5.32 Å². The zero-order chi connectivity index (χ0) is 13.0. The van der Waals surface area contributed by atoms with E-state index < -0.39 is 5.54 Å². The van der Waals surface area contributed by atoms with Crippen molar-refractivity contribution in [2.75, 3.05) is 7.11 Å². The molecule has 1 saturated carbocycles. The largest absolute Gasteiger partial charge is 0.468 e. The Bertz CT molecular complexity index is 391. The van der Waals surface area contributed by atoms with E-state index in [0.29, 0.717) is 5.92 Å². The Morgan fingerprint density at radius 1 is 1.67 bits per heavy atom. The molecule has 1 aromatic heterocycles. The average molecular weight is 267 g/mol. The number of esters is 1. The minimum Gasteiger partial charge on any atom is -0.468 e. The number of hydrogen-bond donors (Lipinski definition) is 1. The zero-order valence-corrected chi connectivity index (χ0v) is 11.9. The van der Waals surface area contributed by atoms with E-state index in [2.05, 4.69) is 23.7 Å². The van der Waals surface area contributed by atoms with Crippen molar-refractivity contribution >= 4 is 17.3 Å². The van der Waals surface area contributed by atoms with Gasteiger partial charge in [0.05, 0.1) is 7.11 Å². The van der Waals surface area contributed by atoms with Gasteiger partial charge >= 0.3 is 5.97 Å². The third-order valence-corrected chi connectivity index (χ3v) is 4.83. The highest BCUT2D eigenvalue weighted by Gasteiger charge is 2.45. The highest BCUT2D eigenvalue weighted by Crippen LogP contribution is 2.37. The molecule has 0 bridgehead atoms. The molecule has 3 nitrogen and oxygen atoms in total. The topological polar surface area (TPSA) is 38.3 Å². The van der Waals surface area contributed by atoms with Crippen LogP contribution in [0.3, 0.4) is 0 Å². The molecule has 4 heteroatoms. The Hall–Kier alpha value is -0.870. The molecule has 0 aliphatic heterocycles. The van der Waals surface area contributed by atoms with Crippen LogP contribution in [0.5, 0.6) is 0 Å². The summed E-state index contributed by atoms with van der Waals surface area (Å²) >= 11 is 1.72. The van der Waals surface area contributed by atoms with Crippen LogP contribution in [0.4, 0.5) is 0 Å². The molecule has 100 valence electrons. The standard InChI is InChI=1S/C14H21NO2S/c1-3-11-6-7-14(9-11,13(16)17-2)15-10-12-5-4-8-18-12/h4-5,8,11,15H,3,6-7,9-10H2,1-2H3. The van der Waals surface area contributed by atoms with Crippen LogP contribution < -0.4 is 5.32 Å². The Morgan fingerprint density at radius 3 is 3.06 bits per heavy atom. The highest BCUT2D eigenvalue weighted by molar-refractivity contribution is 7.09. The van der Waals surface area contributed by atoms with Crippen LogP contribution in [-0.2, 0) is 16.1 Å². The maximum absolute atomic E-state index is 12.1. The zero-order valence-electron chi connectivity index (χ0n) is 11.1. The van der Waals surface area contributed by atoms with Gasteiger partial charge in [0, 0.05) is 11.4 Å². The second kappa shape index (κ2) is 5.85. The number of rotatable bonds is 5. The molecule has 0 amide bonds. The third kappa shape index (κ3) is 2.75. The fourth-order valence-electron chi connectivity index (χ4n) is 2.78. The van der Waals surface area contributed by atoms with Gasteiger partial charge in [-0.1, -0.05) is 19.4 Å². The fourth-order valence-corrected chi connectivity index (χ4v) is 3.42. The van der Waals surface area contributed by atoms with Crippen molar-refractivity contribution in [3.05, 3.63) is 22.4 Å². The molecule has 1 fully saturated rings. The summed E-state index contributed by atoms with van der Waals surface area (Å²) in [5.74, 6) is 0.537. The van der Waals surface area contributed by atoms with Crippen molar-refractivity contribution in [2.24, 2.45) is 5.92 Å². The van der Waals surface area contributed by atoms with Crippen LogP contribution in [0.15, 0.2) is 17.5 Å². The quantitative estimate of drug-likeness (QED) is 0.834. The number of carbonyl (C=O) groups excluding carboxylic acids is 1. The van der Waals surface area contributed by atoms with Crippen molar-refractivity contribution in [3.8, 4) is 0 Å². The molecule has 2 atom stereocenters. The Balaban J connectivity index is 2.04. The third-order valence-electron chi connectivity index (χ3n) is 3.95. The van der Waals surface area contributed by atoms with E-state index in [0.717, 1.165) is 32.2 Å². The van der Waals surface area contributed by atoms with E-state index >= 15 is 0 Å². The fraction of sp³-hybridized carbons (Fsp3) is 0.643. The lowest BCUT2D eigenvalue weighted by Crippen LogP contribution is -2.50. The summed E-state index contributed by atoms with van der Waals surface area (Å²) in [6.45, 7) is 2.94. The van der Waals surface area contributed by atoms with Crippen molar-refractivity contribution in [1.29, 1.82) is 0 Å². The van der Waals surface area contributed by atoms with Crippen molar-refractivity contribution in [2.45, 2.75) is 44.7 Å². The van der Waals surface area contributed by atoms with Gasteiger partial charge in [-0.3, -0.25) is 10.1 Å². The maximum Gasteiger partial charge on any atom is 0.326 e. The predicted octanol–water partition coefficient (Wildman–Crippen LogP) is 2.96. The van der Waals surface area contributed by atoms with Gasteiger partial charge in [0.2, 0.25) is 0 Å². The van der Waals surface area contributed by atoms with Crippen LogP contribution >= 0.6 is 11.3 Å². The summed E-state index contributed by atoms with van der Waals surface area (Å²) in [4.78, 5) is 13.3. The molecule has 1 aromatic rings. The summed E-state index contributed by atoms with van der Waals surface area (Å²) in [5.41, 5.74) is -0.459. The predicted molar refractivity (Wildman–Crippen MR) is 73.5 cm³/mol. The van der Waals surface area contributed by atoms with Gasteiger partial charge in [0.15, 0.2) is 0 Å². The normalized spacial score (nSPS) is 27.3. The number of thiophene rings is 1. The summed E-state index contributed by atoms with van der Waals surface area (Å²) in [6, 6.07) is 4.13. The molecule has 0 aromatic carbocycles. The highest BCUT2D eigenvalue weighted by atomic mass is 32.1. The van der Waals surface area contributed by atoms with Crippen molar-refractivity contribution in [3.63, 3.8) is 0 Å². The minimum atomic E-state index is -0.459. The van der Waals surface area contributed by atoms with E-state index in [1.54, 1.807) is 11.3 Å². The van der Waals surface area contributed by atoms with Crippen molar-refractivity contribution < 1.29 is 9.53 Å². The summed E-state index contributed by atoms with van der Waals surface area (Å²) in [7, 11) is 1.48. The molecule has 1 N–H and O–H groups in total. The number of hydrogen-bond acceptors (Lipinski definition) is 4. The first-order chi connectivity index (χ1) is 8.70. The van der Waals surface area contributed by atoms with Crippen LogP contribution in [0.2, 0.25) is 0 Å². The lowest BCUT2D eigenvalue weighted by atomic mass is 9.95. The molecule has 2 unspecified atom stereocenters. The van der Waals surface area contributed by atoms with Crippen LogP contribution in [0.1, 0.15) is 37.5 Å². The summed E-state index contributed by atoms with van der Waals surface area (Å²) in [5, 5.41) is 5.51. The molecule has 0 saturated heterocycles. The second-order valence-electron chi connectivity index (χ2n) is 5.02. The minimum absolute atomic E-state index is 0.102. The molecule has 1 heterocycles. The molecule has 2 rings (SSSR count). The number of carbonyl (C=O) groups is 1. The Kier molecular flexibility index (Phi) is 4.40. The van der Waals surface area contributed by atoms with E-state index in [9.17, 15) is 4.79 Å². The summed E-state index contributed by atoms with van der Waals surface area (Å²) < 4.78 is 5.00. The molecular weight excluding hydrogens is 246 g/mol. The Labute approximate surface area is 113 Å². The number of ether oxygens (including phenoxy) is 1. The first kappa shape index (κ1) is 13.6. The van der Waals surface area contributed by atoms with E-state index in [4.69, 9.17) is 4.74 Å². The number of nitrogens with one attached hydrogen (secondary N) is 1. The second-order valence-corrected chi connectivity index (χ2v) is 6.06. The first-order valence-electron chi connectivity index (χ1n) is 6.56. The number of methoxy groups -OCH3 is 1. The monoisotopic (exact) mass is 267 g/mol.